The first kappa shape index (κ1) is 21.3. The number of aromatic nitrogens is 1. The van der Waals surface area contributed by atoms with Crippen molar-refractivity contribution in [2.75, 3.05) is 7.11 Å². The lowest BCUT2D eigenvalue weighted by Crippen LogP contribution is -2.39. The second-order valence-electron chi connectivity index (χ2n) is 8.83. The Labute approximate surface area is 194 Å². The van der Waals surface area contributed by atoms with Crippen molar-refractivity contribution >= 4 is 10.9 Å². The van der Waals surface area contributed by atoms with Crippen molar-refractivity contribution in [1.82, 2.24) is 4.57 Å². The van der Waals surface area contributed by atoms with Gasteiger partial charge in [-0.2, -0.15) is 0 Å². The summed E-state index contributed by atoms with van der Waals surface area (Å²) < 4.78 is 7.33. The maximum atomic E-state index is 12.2. The van der Waals surface area contributed by atoms with E-state index >= 15 is 0 Å². The van der Waals surface area contributed by atoms with Gasteiger partial charge in [0, 0.05) is 40.7 Å². The van der Waals surface area contributed by atoms with Gasteiger partial charge < -0.3 is 19.5 Å². The van der Waals surface area contributed by atoms with Crippen molar-refractivity contribution in [3.8, 4) is 17.6 Å². The summed E-state index contributed by atoms with van der Waals surface area (Å²) in [4.78, 5) is 0. The van der Waals surface area contributed by atoms with Gasteiger partial charge in [0.1, 0.15) is 5.75 Å². The molecule has 1 aliphatic rings. The van der Waals surface area contributed by atoms with Gasteiger partial charge in [0.15, 0.2) is 5.60 Å². The van der Waals surface area contributed by atoms with Crippen LogP contribution in [0.4, 0.5) is 0 Å². The molecule has 2 atom stereocenters. The van der Waals surface area contributed by atoms with Gasteiger partial charge in [-0.25, -0.2) is 0 Å². The second kappa shape index (κ2) is 8.12. The van der Waals surface area contributed by atoms with Crippen molar-refractivity contribution in [2.45, 2.75) is 24.5 Å². The molecule has 0 amide bonds. The standard InChI is InChI=1S/C29H27NO3/c1-30-20-25(24-10-6-7-11-26(24)30)27(31)28(18-19-28)29(32,17-16-21-8-4-3-5-9-21)22-12-14-23(33-2)15-13-22/h3-15,20,27,31-32H,18-19H2,1-2H3. The van der Waals surface area contributed by atoms with Gasteiger partial charge in [-0.1, -0.05) is 60.4 Å². The summed E-state index contributed by atoms with van der Waals surface area (Å²) in [6, 6.07) is 25.0. The Morgan fingerprint density at radius 2 is 1.64 bits per heavy atom. The number of para-hydroxylation sites is 1. The van der Waals surface area contributed by atoms with E-state index in [4.69, 9.17) is 4.74 Å². The summed E-state index contributed by atoms with van der Waals surface area (Å²) in [6.07, 6.45) is 2.43. The number of hydrogen-bond acceptors (Lipinski definition) is 3. The van der Waals surface area contributed by atoms with Gasteiger partial charge in [0.25, 0.3) is 0 Å². The summed E-state index contributed by atoms with van der Waals surface area (Å²) >= 11 is 0. The van der Waals surface area contributed by atoms with E-state index in [1.807, 2.05) is 96.7 Å². The van der Waals surface area contributed by atoms with Crippen LogP contribution in [-0.2, 0) is 12.6 Å². The van der Waals surface area contributed by atoms with Crippen LogP contribution in [0.5, 0.6) is 5.75 Å². The molecule has 33 heavy (non-hydrogen) atoms. The van der Waals surface area contributed by atoms with Crippen LogP contribution in [0, 0.1) is 17.3 Å². The Balaban J connectivity index is 1.64. The van der Waals surface area contributed by atoms with E-state index in [1.165, 1.54) is 0 Å². The summed E-state index contributed by atoms with van der Waals surface area (Å²) in [7, 11) is 3.59. The van der Waals surface area contributed by atoms with E-state index in [0.717, 1.165) is 22.0 Å². The molecule has 0 bridgehead atoms. The highest BCUT2D eigenvalue weighted by Crippen LogP contribution is 2.65. The minimum Gasteiger partial charge on any atom is -0.497 e. The number of methoxy groups -OCH3 is 1. The first-order valence-corrected chi connectivity index (χ1v) is 11.2. The molecule has 0 saturated heterocycles. The lowest BCUT2D eigenvalue weighted by atomic mass is 9.73. The van der Waals surface area contributed by atoms with Gasteiger partial charge in [-0.05, 0) is 48.7 Å². The van der Waals surface area contributed by atoms with Crippen molar-refractivity contribution in [1.29, 1.82) is 0 Å². The third-order valence-electron chi connectivity index (χ3n) is 6.92. The third kappa shape index (κ3) is 3.51. The van der Waals surface area contributed by atoms with Crippen LogP contribution in [0.25, 0.3) is 10.9 Å². The largest absolute Gasteiger partial charge is 0.497 e. The molecule has 166 valence electrons. The summed E-state index contributed by atoms with van der Waals surface area (Å²) in [5.41, 5.74) is 0.993. The average molecular weight is 438 g/mol. The Kier molecular flexibility index (Phi) is 5.25. The van der Waals surface area contributed by atoms with Crippen molar-refractivity contribution in [3.05, 3.63) is 102 Å². The number of rotatable bonds is 5. The summed E-state index contributed by atoms with van der Waals surface area (Å²) in [6.45, 7) is 0. The number of benzene rings is 3. The van der Waals surface area contributed by atoms with Crippen molar-refractivity contribution in [2.24, 2.45) is 12.5 Å². The Morgan fingerprint density at radius 1 is 0.970 bits per heavy atom. The number of fused-ring (bicyclic) bond motifs is 1. The molecule has 0 aliphatic heterocycles. The van der Waals surface area contributed by atoms with Crippen molar-refractivity contribution < 1.29 is 14.9 Å². The normalized spacial score (nSPS) is 17.0. The summed E-state index contributed by atoms with van der Waals surface area (Å²) in [5, 5.41) is 25.0. The monoisotopic (exact) mass is 437 g/mol. The van der Waals surface area contributed by atoms with Crippen LogP contribution in [0.1, 0.15) is 35.6 Å². The predicted octanol–water partition coefficient (Wildman–Crippen LogP) is 4.94. The molecule has 1 aliphatic carbocycles. The molecule has 4 heteroatoms. The molecule has 3 aromatic carbocycles. The van der Waals surface area contributed by atoms with Gasteiger partial charge >= 0.3 is 0 Å². The fraction of sp³-hybridized carbons (Fsp3) is 0.241. The third-order valence-corrected chi connectivity index (χ3v) is 6.92. The molecule has 5 rings (SSSR count). The predicted molar refractivity (Wildman–Crippen MR) is 130 cm³/mol. The number of ether oxygens (including phenoxy) is 1. The van der Waals surface area contributed by atoms with E-state index in [9.17, 15) is 10.2 Å². The van der Waals surface area contributed by atoms with Gasteiger partial charge in [-0.15, -0.1) is 0 Å². The van der Waals surface area contributed by atoms with E-state index in [2.05, 4.69) is 11.8 Å². The minimum atomic E-state index is -1.54. The topological polar surface area (TPSA) is 54.6 Å². The highest BCUT2D eigenvalue weighted by Gasteiger charge is 2.64. The molecule has 4 aromatic rings. The Hall–Kier alpha value is -3.52. The zero-order valence-electron chi connectivity index (χ0n) is 18.8. The lowest BCUT2D eigenvalue weighted by molar-refractivity contribution is -0.0556. The first-order valence-electron chi connectivity index (χ1n) is 11.2. The molecule has 0 radical (unpaired) electrons. The number of hydrogen-bond donors (Lipinski definition) is 2. The maximum Gasteiger partial charge on any atom is 0.159 e. The van der Waals surface area contributed by atoms with E-state index in [-0.39, 0.29) is 0 Å². The van der Waals surface area contributed by atoms with Crippen LogP contribution >= 0.6 is 0 Å². The molecule has 1 fully saturated rings. The molecular formula is C29H27NO3. The van der Waals surface area contributed by atoms with Crippen LogP contribution in [-0.4, -0.2) is 21.9 Å². The van der Waals surface area contributed by atoms with E-state index < -0.39 is 17.1 Å². The zero-order valence-corrected chi connectivity index (χ0v) is 18.8. The Bertz CT molecular complexity index is 1340. The molecule has 1 saturated carbocycles. The summed E-state index contributed by atoms with van der Waals surface area (Å²) in [5.74, 6) is 7.04. The number of aryl methyl sites for hydroxylation is 1. The van der Waals surface area contributed by atoms with Gasteiger partial charge in [0.05, 0.1) is 13.2 Å². The number of aliphatic hydroxyl groups is 2. The van der Waals surface area contributed by atoms with Crippen LogP contribution in [0.2, 0.25) is 0 Å². The molecule has 4 nitrogen and oxygen atoms in total. The fourth-order valence-corrected chi connectivity index (χ4v) is 4.86. The smallest absolute Gasteiger partial charge is 0.159 e. The number of nitrogens with zero attached hydrogens (tertiary/aromatic N) is 1. The zero-order chi connectivity index (χ0) is 23.1. The van der Waals surface area contributed by atoms with E-state index in [1.54, 1.807) is 7.11 Å². The molecule has 0 spiro atoms. The molecule has 2 N–H and O–H groups in total. The second-order valence-corrected chi connectivity index (χ2v) is 8.83. The lowest BCUT2D eigenvalue weighted by Gasteiger charge is -2.36. The van der Waals surface area contributed by atoms with Crippen LogP contribution in [0.3, 0.4) is 0 Å². The number of aliphatic hydroxyl groups excluding tert-OH is 1. The first-order chi connectivity index (χ1) is 16.0. The quantitative estimate of drug-likeness (QED) is 0.435. The maximum absolute atomic E-state index is 12.2. The van der Waals surface area contributed by atoms with E-state index in [0.29, 0.717) is 24.2 Å². The molecule has 1 aromatic heterocycles. The fourth-order valence-electron chi connectivity index (χ4n) is 4.86. The highest BCUT2D eigenvalue weighted by atomic mass is 16.5. The molecular weight excluding hydrogens is 410 g/mol. The molecule has 2 unspecified atom stereocenters. The van der Waals surface area contributed by atoms with Gasteiger partial charge in [0.2, 0.25) is 0 Å². The molecule has 1 heterocycles. The minimum absolute atomic E-state index is 0.656. The van der Waals surface area contributed by atoms with Crippen LogP contribution < -0.4 is 4.74 Å². The van der Waals surface area contributed by atoms with Gasteiger partial charge in [-0.3, -0.25) is 0 Å². The SMILES string of the molecule is COc1ccc(C(O)(C#Cc2ccccc2)C2(C(O)c3cn(C)c4ccccc34)CC2)cc1. The Morgan fingerprint density at radius 3 is 2.30 bits per heavy atom. The van der Waals surface area contributed by atoms with Crippen LogP contribution in [0.15, 0.2) is 85.1 Å². The average Bonchev–Trinajstić information content (AvgIpc) is 3.62. The highest BCUT2D eigenvalue weighted by molar-refractivity contribution is 5.84. The van der Waals surface area contributed by atoms with Crippen molar-refractivity contribution in [3.63, 3.8) is 0 Å².